The summed E-state index contributed by atoms with van der Waals surface area (Å²) in [4.78, 5) is 11.7. The summed E-state index contributed by atoms with van der Waals surface area (Å²) in [5.41, 5.74) is 0.392. The monoisotopic (exact) mass is 314 g/mol. The van der Waals surface area contributed by atoms with Gasteiger partial charge in [-0.25, -0.2) is 12.8 Å². The summed E-state index contributed by atoms with van der Waals surface area (Å²) >= 11 is 0. The molecule has 0 atom stereocenters. The molecule has 0 saturated carbocycles. The fraction of sp³-hybridized carbons (Fsp3) is 0.500. The molecule has 116 valence electrons. The van der Waals surface area contributed by atoms with Gasteiger partial charge >= 0.3 is 0 Å². The number of hydrogen-bond acceptors (Lipinski definition) is 3. The fourth-order valence-corrected chi connectivity index (χ4v) is 4.28. The fourth-order valence-electron chi connectivity index (χ4n) is 2.60. The van der Waals surface area contributed by atoms with Crippen molar-refractivity contribution in [2.75, 3.05) is 20.1 Å². The number of carbonyl (C=O) groups excluding carboxylic acids is 1. The predicted molar refractivity (Wildman–Crippen MR) is 76.7 cm³/mol. The van der Waals surface area contributed by atoms with Gasteiger partial charge in [0.15, 0.2) is 0 Å². The number of amides is 1. The molecule has 21 heavy (non-hydrogen) atoms. The highest BCUT2D eigenvalue weighted by Crippen LogP contribution is 2.26. The van der Waals surface area contributed by atoms with Crippen LogP contribution in [0.25, 0.3) is 0 Å². The lowest BCUT2D eigenvalue weighted by Crippen LogP contribution is -2.42. The van der Waals surface area contributed by atoms with Crippen LogP contribution in [-0.2, 0) is 14.8 Å². The van der Waals surface area contributed by atoms with Crippen LogP contribution in [-0.4, -0.2) is 38.8 Å². The molecular weight excluding hydrogens is 295 g/mol. The Labute approximate surface area is 124 Å². The lowest BCUT2D eigenvalue weighted by Gasteiger charge is -2.30. The summed E-state index contributed by atoms with van der Waals surface area (Å²) in [6, 6.07) is 3.66. The van der Waals surface area contributed by atoms with Crippen molar-refractivity contribution in [3.05, 3.63) is 29.6 Å². The van der Waals surface area contributed by atoms with Crippen LogP contribution >= 0.6 is 0 Å². The van der Waals surface area contributed by atoms with Crippen molar-refractivity contribution in [1.82, 2.24) is 9.62 Å². The van der Waals surface area contributed by atoms with E-state index in [1.54, 1.807) is 14.0 Å². The van der Waals surface area contributed by atoms with Gasteiger partial charge < -0.3 is 5.32 Å². The number of carbonyl (C=O) groups is 1. The molecule has 0 aliphatic carbocycles. The van der Waals surface area contributed by atoms with Crippen molar-refractivity contribution >= 4 is 15.9 Å². The maximum Gasteiger partial charge on any atom is 0.243 e. The van der Waals surface area contributed by atoms with Crippen molar-refractivity contribution in [3.8, 4) is 0 Å². The van der Waals surface area contributed by atoms with Gasteiger partial charge in [0.05, 0.1) is 4.90 Å². The van der Waals surface area contributed by atoms with Gasteiger partial charge in [0, 0.05) is 26.1 Å². The molecule has 0 aromatic heterocycles. The molecule has 5 nitrogen and oxygen atoms in total. The number of benzene rings is 1. The average Bonchev–Trinajstić information content (AvgIpc) is 2.46. The molecular formula is C14H19FN2O3S. The van der Waals surface area contributed by atoms with E-state index in [0.717, 1.165) is 6.07 Å². The molecule has 1 aromatic rings. The molecule has 1 aliphatic rings. The molecule has 1 N–H and O–H groups in total. The van der Waals surface area contributed by atoms with Crippen LogP contribution in [0.5, 0.6) is 0 Å². The molecule has 1 fully saturated rings. The van der Waals surface area contributed by atoms with Crippen molar-refractivity contribution in [2.45, 2.75) is 24.7 Å². The van der Waals surface area contributed by atoms with Gasteiger partial charge in [-0.15, -0.1) is 0 Å². The number of aryl methyl sites for hydroxylation is 1. The third-order valence-corrected chi connectivity index (χ3v) is 5.88. The first-order valence-electron chi connectivity index (χ1n) is 6.84. The Kier molecular flexibility index (Phi) is 4.63. The zero-order valence-electron chi connectivity index (χ0n) is 12.1. The van der Waals surface area contributed by atoms with Gasteiger partial charge in [-0.1, -0.05) is 0 Å². The molecule has 1 aromatic carbocycles. The van der Waals surface area contributed by atoms with Crippen molar-refractivity contribution in [1.29, 1.82) is 0 Å². The van der Waals surface area contributed by atoms with Gasteiger partial charge in [0.25, 0.3) is 0 Å². The number of nitrogens with one attached hydrogen (secondary N) is 1. The second-order valence-electron chi connectivity index (χ2n) is 5.20. The summed E-state index contributed by atoms with van der Waals surface area (Å²) in [5, 5.41) is 2.59. The Hall–Kier alpha value is -1.47. The topological polar surface area (TPSA) is 66.5 Å². The van der Waals surface area contributed by atoms with Crippen LogP contribution in [0, 0.1) is 18.7 Å². The Bertz CT molecular complexity index is 638. The number of rotatable bonds is 3. The summed E-state index contributed by atoms with van der Waals surface area (Å²) in [6.07, 6.45) is 0.998. The Morgan fingerprint density at radius 1 is 1.33 bits per heavy atom. The number of halogens is 1. The Morgan fingerprint density at radius 3 is 2.48 bits per heavy atom. The van der Waals surface area contributed by atoms with E-state index in [4.69, 9.17) is 0 Å². The van der Waals surface area contributed by atoms with E-state index >= 15 is 0 Å². The van der Waals surface area contributed by atoms with Crippen LogP contribution < -0.4 is 5.32 Å². The lowest BCUT2D eigenvalue weighted by atomic mass is 9.97. The van der Waals surface area contributed by atoms with Crippen LogP contribution in [0.3, 0.4) is 0 Å². The summed E-state index contributed by atoms with van der Waals surface area (Å²) in [7, 11) is -2.05. The van der Waals surface area contributed by atoms with E-state index in [1.165, 1.54) is 16.4 Å². The number of piperidine rings is 1. The smallest absolute Gasteiger partial charge is 0.243 e. The lowest BCUT2D eigenvalue weighted by molar-refractivity contribution is -0.125. The summed E-state index contributed by atoms with van der Waals surface area (Å²) in [5.74, 6) is -0.648. The third-order valence-electron chi connectivity index (χ3n) is 3.83. The van der Waals surface area contributed by atoms with E-state index < -0.39 is 15.8 Å². The molecule has 1 amide bonds. The molecule has 1 aliphatic heterocycles. The minimum Gasteiger partial charge on any atom is -0.359 e. The highest BCUT2D eigenvalue weighted by atomic mass is 32.2. The van der Waals surface area contributed by atoms with Gasteiger partial charge in [-0.05, 0) is 43.5 Å². The number of nitrogens with zero attached hydrogens (tertiary/aromatic N) is 1. The molecule has 0 bridgehead atoms. The molecule has 0 unspecified atom stereocenters. The van der Waals surface area contributed by atoms with Gasteiger partial charge in [0.2, 0.25) is 15.9 Å². The predicted octanol–water partition coefficient (Wildman–Crippen LogP) is 1.28. The molecule has 1 saturated heterocycles. The normalized spacial score (nSPS) is 17.7. The Morgan fingerprint density at radius 2 is 1.95 bits per heavy atom. The van der Waals surface area contributed by atoms with Crippen molar-refractivity contribution in [3.63, 3.8) is 0 Å². The van der Waals surface area contributed by atoms with Gasteiger partial charge in [-0.3, -0.25) is 4.79 Å². The van der Waals surface area contributed by atoms with Crippen molar-refractivity contribution < 1.29 is 17.6 Å². The zero-order chi connectivity index (χ0) is 15.6. The SMILES string of the molecule is CNC(=O)C1CCN(S(=O)(=O)c2ccc(F)cc2C)CC1. The second kappa shape index (κ2) is 6.11. The quantitative estimate of drug-likeness (QED) is 0.914. The first-order valence-corrected chi connectivity index (χ1v) is 8.28. The molecule has 0 spiro atoms. The minimum absolute atomic E-state index is 0.0509. The van der Waals surface area contributed by atoms with Crippen LogP contribution in [0.4, 0.5) is 4.39 Å². The van der Waals surface area contributed by atoms with E-state index in [1.807, 2.05) is 0 Å². The van der Waals surface area contributed by atoms with E-state index in [0.29, 0.717) is 31.5 Å². The van der Waals surface area contributed by atoms with E-state index in [2.05, 4.69) is 5.32 Å². The second-order valence-corrected chi connectivity index (χ2v) is 7.11. The standard InChI is InChI=1S/C14H19FN2O3S/c1-10-9-12(15)3-4-13(10)21(19,20)17-7-5-11(6-8-17)14(18)16-2/h3-4,9,11H,5-8H2,1-2H3,(H,16,18). The zero-order valence-corrected chi connectivity index (χ0v) is 12.9. The molecule has 7 heteroatoms. The minimum atomic E-state index is -3.63. The number of hydrogen-bond donors (Lipinski definition) is 1. The highest BCUT2D eigenvalue weighted by molar-refractivity contribution is 7.89. The molecule has 2 rings (SSSR count). The first-order chi connectivity index (χ1) is 9.86. The van der Waals surface area contributed by atoms with Gasteiger partial charge in [0.1, 0.15) is 5.82 Å². The highest BCUT2D eigenvalue weighted by Gasteiger charge is 2.32. The summed E-state index contributed by atoms with van der Waals surface area (Å²) < 4.78 is 39.6. The molecule has 0 radical (unpaired) electrons. The average molecular weight is 314 g/mol. The summed E-state index contributed by atoms with van der Waals surface area (Å²) in [6.45, 7) is 2.18. The maximum atomic E-state index is 13.1. The maximum absolute atomic E-state index is 13.1. The number of sulfonamides is 1. The molecule has 1 heterocycles. The largest absolute Gasteiger partial charge is 0.359 e. The third kappa shape index (κ3) is 3.24. The van der Waals surface area contributed by atoms with Crippen LogP contribution in [0.1, 0.15) is 18.4 Å². The first kappa shape index (κ1) is 15.9. The Balaban J connectivity index is 2.17. The van der Waals surface area contributed by atoms with Crippen LogP contribution in [0.2, 0.25) is 0 Å². The van der Waals surface area contributed by atoms with Crippen molar-refractivity contribution in [2.24, 2.45) is 5.92 Å². The van der Waals surface area contributed by atoms with E-state index in [9.17, 15) is 17.6 Å². The van der Waals surface area contributed by atoms with Crippen LogP contribution in [0.15, 0.2) is 23.1 Å². The van der Waals surface area contributed by atoms with Gasteiger partial charge in [-0.2, -0.15) is 4.31 Å². The van der Waals surface area contributed by atoms with E-state index in [-0.39, 0.29) is 16.7 Å².